The van der Waals surface area contributed by atoms with E-state index in [1.165, 1.54) is 0 Å². The number of hydrogen-bond donors (Lipinski definition) is 2. The Morgan fingerprint density at radius 3 is 2.66 bits per heavy atom. The van der Waals surface area contributed by atoms with Gasteiger partial charge in [-0.3, -0.25) is 9.79 Å². The molecule has 8 heteroatoms. The normalized spacial score (nSPS) is 13.2. The van der Waals surface area contributed by atoms with Crippen LogP contribution in [-0.4, -0.2) is 45.2 Å². The Morgan fingerprint density at radius 2 is 1.86 bits per heavy atom. The van der Waals surface area contributed by atoms with Crippen molar-refractivity contribution in [3.63, 3.8) is 0 Å². The van der Waals surface area contributed by atoms with Crippen LogP contribution in [0.2, 0.25) is 5.02 Å². The molecule has 29 heavy (non-hydrogen) atoms. The number of halogens is 2. The van der Waals surface area contributed by atoms with Gasteiger partial charge in [0.25, 0.3) is 5.91 Å². The lowest BCUT2D eigenvalue weighted by Crippen LogP contribution is -2.42. The first-order valence-corrected chi connectivity index (χ1v) is 9.77. The van der Waals surface area contributed by atoms with Crippen molar-refractivity contribution in [2.75, 3.05) is 38.2 Å². The highest BCUT2D eigenvalue weighted by atomic mass is 127. The second-order valence-corrected chi connectivity index (χ2v) is 6.83. The van der Waals surface area contributed by atoms with Gasteiger partial charge in [-0.25, -0.2) is 0 Å². The van der Waals surface area contributed by atoms with Gasteiger partial charge in [-0.15, -0.1) is 24.0 Å². The van der Waals surface area contributed by atoms with Crippen molar-refractivity contribution in [1.29, 1.82) is 0 Å². The number of carbonyl (C=O) groups excluding carboxylic acids is 1. The molecule has 0 saturated carbocycles. The predicted molar refractivity (Wildman–Crippen MR) is 129 cm³/mol. The van der Waals surface area contributed by atoms with Crippen LogP contribution >= 0.6 is 35.6 Å². The number of aliphatic imine (C=N–C) groups is 1. The Kier molecular flexibility index (Phi) is 9.53. The zero-order chi connectivity index (χ0) is 19.8. The largest absolute Gasteiger partial charge is 0.482 e. The average Bonchev–Trinajstić information content (AvgIpc) is 2.72. The molecule has 1 amide bonds. The van der Waals surface area contributed by atoms with Crippen LogP contribution in [0.4, 0.5) is 5.69 Å². The Labute approximate surface area is 193 Å². The fraction of sp³-hybridized carbons (Fsp3) is 0.333. The fourth-order valence-corrected chi connectivity index (χ4v) is 3.31. The number of ether oxygens (including phenoxy) is 1. The van der Waals surface area contributed by atoms with E-state index in [9.17, 15) is 4.79 Å². The number of nitrogens with zero attached hydrogens (tertiary/aromatic N) is 2. The summed E-state index contributed by atoms with van der Waals surface area (Å²) in [6.45, 7) is 2.16. The summed E-state index contributed by atoms with van der Waals surface area (Å²) in [6, 6.07) is 15.5. The number of guanidine groups is 1. The molecule has 0 aliphatic carbocycles. The molecule has 0 aromatic heterocycles. The fourth-order valence-electron chi connectivity index (χ4n) is 3.08. The minimum absolute atomic E-state index is 0. The van der Waals surface area contributed by atoms with Crippen molar-refractivity contribution in [3.8, 4) is 5.75 Å². The average molecular weight is 529 g/mol. The van der Waals surface area contributed by atoms with Gasteiger partial charge in [-0.05, 0) is 36.6 Å². The predicted octanol–water partition coefficient (Wildman–Crippen LogP) is 3.48. The molecule has 6 nitrogen and oxygen atoms in total. The van der Waals surface area contributed by atoms with Crippen molar-refractivity contribution in [2.24, 2.45) is 4.99 Å². The maximum atomic E-state index is 12.2. The standard InChI is InChI=1S/C21H25ClN4O2.HI/c1-23-21(25-13-11-16-7-2-3-8-17(16)22)24-12-6-14-26-18-9-4-5-10-19(18)28-15-20(26)27;/h2-5,7-10H,6,11-15H2,1H3,(H2,23,24,25);1H. The number of rotatable bonds is 7. The van der Waals surface area contributed by atoms with Crippen molar-refractivity contribution in [3.05, 3.63) is 59.1 Å². The third kappa shape index (κ3) is 6.50. The molecule has 0 unspecified atom stereocenters. The first-order chi connectivity index (χ1) is 13.7. The van der Waals surface area contributed by atoms with Crippen LogP contribution in [0.25, 0.3) is 0 Å². The summed E-state index contributed by atoms with van der Waals surface area (Å²) in [5.41, 5.74) is 1.94. The molecule has 2 aromatic rings. The van der Waals surface area contributed by atoms with E-state index in [4.69, 9.17) is 16.3 Å². The summed E-state index contributed by atoms with van der Waals surface area (Å²) in [7, 11) is 1.74. The smallest absolute Gasteiger partial charge is 0.265 e. The van der Waals surface area contributed by atoms with Gasteiger partial charge in [-0.1, -0.05) is 41.9 Å². The van der Waals surface area contributed by atoms with Crippen molar-refractivity contribution in [1.82, 2.24) is 10.6 Å². The molecular weight excluding hydrogens is 503 g/mol. The molecular formula is C21H26ClIN4O2. The first kappa shape index (κ1) is 23.3. The van der Waals surface area contributed by atoms with Crippen LogP contribution in [-0.2, 0) is 11.2 Å². The molecule has 3 rings (SSSR count). The second-order valence-electron chi connectivity index (χ2n) is 6.42. The van der Waals surface area contributed by atoms with E-state index in [1.807, 2.05) is 48.5 Å². The van der Waals surface area contributed by atoms with Crippen molar-refractivity contribution >= 4 is 53.1 Å². The van der Waals surface area contributed by atoms with Crippen LogP contribution in [0.3, 0.4) is 0 Å². The van der Waals surface area contributed by atoms with Gasteiger partial charge in [0.15, 0.2) is 12.6 Å². The highest BCUT2D eigenvalue weighted by Gasteiger charge is 2.24. The van der Waals surface area contributed by atoms with Crippen LogP contribution < -0.4 is 20.3 Å². The Bertz CT molecular complexity index is 847. The molecule has 2 aromatic carbocycles. The molecule has 0 bridgehead atoms. The van der Waals surface area contributed by atoms with E-state index in [2.05, 4.69) is 15.6 Å². The lowest BCUT2D eigenvalue weighted by Gasteiger charge is -2.29. The molecule has 0 spiro atoms. The van der Waals surface area contributed by atoms with Gasteiger partial charge in [0.2, 0.25) is 0 Å². The number of carbonyl (C=O) groups is 1. The van der Waals surface area contributed by atoms with Crippen LogP contribution in [0.5, 0.6) is 5.75 Å². The molecule has 0 saturated heterocycles. The van der Waals surface area contributed by atoms with E-state index in [0.29, 0.717) is 13.1 Å². The number of para-hydroxylation sites is 2. The quantitative estimate of drug-likeness (QED) is 0.250. The van der Waals surface area contributed by atoms with E-state index in [1.54, 1.807) is 11.9 Å². The van der Waals surface area contributed by atoms with Gasteiger partial charge >= 0.3 is 0 Å². The van der Waals surface area contributed by atoms with Crippen LogP contribution in [0, 0.1) is 0 Å². The van der Waals surface area contributed by atoms with Gasteiger partial charge in [0, 0.05) is 31.7 Å². The molecule has 156 valence electrons. The maximum Gasteiger partial charge on any atom is 0.265 e. The highest BCUT2D eigenvalue weighted by molar-refractivity contribution is 14.0. The number of amides is 1. The Morgan fingerprint density at radius 1 is 1.14 bits per heavy atom. The first-order valence-electron chi connectivity index (χ1n) is 9.39. The number of benzene rings is 2. The molecule has 0 atom stereocenters. The number of nitrogens with one attached hydrogen (secondary N) is 2. The van der Waals surface area contributed by atoms with Crippen molar-refractivity contribution in [2.45, 2.75) is 12.8 Å². The zero-order valence-electron chi connectivity index (χ0n) is 16.4. The maximum absolute atomic E-state index is 12.2. The number of hydrogen-bond acceptors (Lipinski definition) is 3. The molecule has 0 radical (unpaired) electrons. The van der Waals surface area contributed by atoms with Gasteiger partial charge in [0.1, 0.15) is 5.75 Å². The lowest BCUT2D eigenvalue weighted by atomic mass is 10.1. The molecule has 0 fully saturated rings. The molecule has 1 aliphatic rings. The van der Waals surface area contributed by atoms with E-state index in [0.717, 1.165) is 47.4 Å². The summed E-state index contributed by atoms with van der Waals surface area (Å²) in [5, 5.41) is 7.35. The SMILES string of the molecule is CN=C(NCCCN1C(=O)COc2ccccc21)NCCc1ccccc1Cl.I. The van der Waals surface area contributed by atoms with E-state index in [-0.39, 0.29) is 36.5 Å². The Balaban J connectivity index is 0.00000300. The lowest BCUT2D eigenvalue weighted by molar-refractivity contribution is -0.121. The van der Waals surface area contributed by atoms with Crippen LogP contribution in [0.1, 0.15) is 12.0 Å². The highest BCUT2D eigenvalue weighted by Crippen LogP contribution is 2.31. The van der Waals surface area contributed by atoms with Gasteiger partial charge < -0.3 is 20.3 Å². The molecule has 1 aliphatic heterocycles. The zero-order valence-corrected chi connectivity index (χ0v) is 19.4. The Hall–Kier alpha value is -2.00. The molecule has 2 N–H and O–H groups in total. The van der Waals surface area contributed by atoms with Gasteiger partial charge in [0.05, 0.1) is 5.69 Å². The third-order valence-corrected chi connectivity index (χ3v) is 4.90. The minimum atomic E-state index is -0.0130. The van der Waals surface area contributed by atoms with E-state index >= 15 is 0 Å². The number of fused-ring (bicyclic) bond motifs is 1. The monoisotopic (exact) mass is 528 g/mol. The topological polar surface area (TPSA) is 66.0 Å². The number of anilines is 1. The van der Waals surface area contributed by atoms with Crippen LogP contribution in [0.15, 0.2) is 53.5 Å². The van der Waals surface area contributed by atoms with Gasteiger partial charge in [-0.2, -0.15) is 0 Å². The van der Waals surface area contributed by atoms with E-state index < -0.39 is 0 Å². The summed E-state index contributed by atoms with van der Waals surface area (Å²) in [5.74, 6) is 1.48. The third-order valence-electron chi connectivity index (χ3n) is 4.53. The van der Waals surface area contributed by atoms with Crippen molar-refractivity contribution < 1.29 is 9.53 Å². The summed E-state index contributed by atoms with van der Waals surface area (Å²) >= 11 is 6.18. The summed E-state index contributed by atoms with van der Waals surface area (Å²) in [4.78, 5) is 18.2. The summed E-state index contributed by atoms with van der Waals surface area (Å²) < 4.78 is 5.47. The second kappa shape index (κ2) is 11.9. The minimum Gasteiger partial charge on any atom is -0.482 e. The molecule has 1 heterocycles. The summed E-state index contributed by atoms with van der Waals surface area (Å²) in [6.07, 6.45) is 1.62.